The van der Waals surface area contributed by atoms with E-state index in [9.17, 15) is 0 Å². The van der Waals surface area contributed by atoms with Crippen LogP contribution in [0.1, 0.15) is 6.42 Å². The van der Waals surface area contributed by atoms with Crippen LogP contribution < -0.4 is 5.32 Å². The standard InChI is InChI=1S/C8H16N2O/c1-11-8-5-10(6-8)7-2-3-9-4-7/h7-9H,2-6H2,1H3/t7-/m1/s1. The highest BCUT2D eigenvalue weighted by Gasteiger charge is 2.33. The Morgan fingerprint density at radius 3 is 2.82 bits per heavy atom. The molecule has 0 amide bonds. The molecule has 0 unspecified atom stereocenters. The van der Waals surface area contributed by atoms with Crippen LogP contribution in [-0.4, -0.2) is 50.3 Å². The van der Waals surface area contributed by atoms with E-state index in [2.05, 4.69) is 10.2 Å². The number of nitrogens with zero attached hydrogens (tertiary/aromatic N) is 1. The van der Waals surface area contributed by atoms with Gasteiger partial charge in [0, 0.05) is 32.8 Å². The molecule has 2 aliphatic rings. The molecule has 0 spiro atoms. The molecular weight excluding hydrogens is 140 g/mol. The minimum atomic E-state index is 0.510. The third kappa shape index (κ3) is 1.41. The van der Waals surface area contributed by atoms with E-state index >= 15 is 0 Å². The van der Waals surface area contributed by atoms with Crippen molar-refractivity contribution in [2.45, 2.75) is 18.6 Å². The first kappa shape index (κ1) is 7.53. The number of likely N-dealkylation sites (tertiary alicyclic amines) is 1. The molecule has 3 nitrogen and oxygen atoms in total. The summed E-state index contributed by atoms with van der Waals surface area (Å²) < 4.78 is 5.21. The second-order valence-corrected chi connectivity index (χ2v) is 3.46. The molecule has 2 saturated heterocycles. The van der Waals surface area contributed by atoms with Crippen molar-refractivity contribution in [1.82, 2.24) is 10.2 Å². The van der Waals surface area contributed by atoms with Crippen molar-refractivity contribution in [3.8, 4) is 0 Å². The lowest BCUT2D eigenvalue weighted by Gasteiger charge is -2.41. The third-order valence-electron chi connectivity index (χ3n) is 2.76. The normalized spacial score (nSPS) is 34.1. The number of hydrogen-bond donors (Lipinski definition) is 1. The molecule has 0 bridgehead atoms. The van der Waals surface area contributed by atoms with Crippen LogP contribution in [0.5, 0.6) is 0 Å². The number of ether oxygens (including phenoxy) is 1. The van der Waals surface area contributed by atoms with Crippen LogP contribution in [0.3, 0.4) is 0 Å². The first-order valence-corrected chi connectivity index (χ1v) is 4.37. The lowest BCUT2D eigenvalue weighted by Crippen LogP contribution is -2.56. The van der Waals surface area contributed by atoms with Crippen molar-refractivity contribution in [2.24, 2.45) is 0 Å². The van der Waals surface area contributed by atoms with E-state index in [0.717, 1.165) is 19.1 Å². The summed E-state index contributed by atoms with van der Waals surface area (Å²) in [4.78, 5) is 2.51. The number of rotatable bonds is 2. The monoisotopic (exact) mass is 156 g/mol. The molecular formula is C8H16N2O. The maximum absolute atomic E-state index is 5.21. The first-order chi connectivity index (χ1) is 5.40. The predicted molar refractivity (Wildman–Crippen MR) is 43.6 cm³/mol. The van der Waals surface area contributed by atoms with Gasteiger partial charge in [0.05, 0.1) is 6.10 Å². The Balaban J connectivity index is 1.73. The summed E-state index contributed by atoms with van der Waals surface area (Å²) in [5.74, 6) is 0. The van der Waals surface area contributed by atoms with E-state index < -0.39 is 0 Å². The van der Waals surface area contributed by atoms with Gasteiger partial charge in [-0.1, -0.05) is 0 Å². The fourth-order valence-electron chi connectivity index (χ4n) is 1.87. The van der Waals surface area contributed by atoms with E-state index in [1.165, 1.54) is 19.5 Å². The smallest absolute Gasteiger partial charge is 0.0825 e. The molecule has 64 valence electrons. The number of nitrogens with one attached hydrogen (secondary N) is 1. The van der Waals surface area contributed by atoms with Gasteiger partial charge in [-0.15, -0.1) is 0 Å². The SMILES string of the molecule is COC1CN([C@@H]2CCNC2)C1. The predicted octanol–water partition coefficient (Wildman–Crippen LogP) is -0.321. The highest BCUT2D eigenvalue weighted by molar-refractivity contribution is 4.89. The largest absolute Gasteiger partial charge is 0.379 e. The average molecular weight is 156 g/mol. The molecule has 2 heterocycles. The summed E-state index contributed by atoms with van der Waals surface area (Å²) in [6.07, 6.45) is 1.83. The van der Waals surface area contributed by atoms with Gasteiger partial charge in [0.1, 0.15) is 0 Å². The summed E-state index contributed by atoms with van der Waals surface area (Å²) >= 11 is 0. The van der Waals surface area contributed by atoms with Crippen LogP contribution in [0.25, 0.3) is 0 Å². The van der Waals surface area contributed by atoms with Crippen LogP contribution in [0.15, 0.2) is 0 Å². The van der Waals surface area contributed by atoms with E-state index in [0.29, 0.717) is 6.10 Å². The lowest BCUT2D eigenvalue weighted by molar-refractivity contribution is -0.0467. The fraction of sp³-hybridized carbons (Fsp3) is 1.00. The molecule has 2 aliphatic heterocycles. The van der Waals surface area contributed by atoms with Crippen LogP contribution in [0, 0.1) is 0 Å². The van der Waals surface area contributed by atoms with Crippen LogP contribution >= 0.6 is 0 Å². The lowest BCUT2D eigenvalue weighted by atomic mass is 10.1. The van der Waals surface area contributed by atoms with Crippen molar-refractivity contribution in [2.75, 3.05) is 33.3 Å². The van der Waals surface area contributed by atoms with Gasteiger partial charge in [0.15, 0.2) is 0 Å². The first-order valence-electron chi connectivity index (χ1n) is 4.37. The molecule has 0 aliphatic carbocycles. The molecule has 0 aromatic carbocycles. The zero-order valence-corrected chi connectivity index (χ0v) is 7.05. The molecule has 1 atom stereocenters. The minimum Gasteiger partial charge on any atom is -0.379 e. The van der Waals surface area contributed by atoms with E-state index in [4.69, 9.17) is 4.74 Å². The van der Waals surface area contributed by atoms with Gasteiger partial charge in [0.2, 0.25) is 0 Å². The Kier molecular flexibility index (Phi) is 2.11. The molecule has 0 aromatic heterocycles. The zero-order chi connectivity index (χ0) is 7.68. The molecule has 0 aromatic rings. The fourth-order valence-corrected chi connectivity index (χ4v) is 1.87. The Hall–Kier alpha value is -0.120. The maximum atomic E-state index is 5.21. The van der Waals surface area contributed by atoms with Crippen molar-refractivity contribution in [3.05, 3.63) is 0 Å². The molecule has 1 N–H and O–H groups in total. The van der Waals surface area contributed by atoms with Gasteiger partial charge in [-0.2, -0.15) is 0 Å². The van der Waals surface area contributed by atoms with Crippen LogP contribution in [0.2, 0.25) is 0 Å². The van der Waals surface area contributed by atoms with Gasteiger partial charge in [-0.05, 0) is 13.0 Å². The molecule has 11 heavy (non-hydrogen) atoms. The summed E-state index contributed by atoms with van der Waals surface area (Å²) in [7, 11) is 1.80. The van der Waals surface area contributed by atoms with Crippen molar-refractivity contribution in [3.63, 3.8) is 0 Å². The zero-order valence-electron chi connectivity index (χ0n) is 7.05. The average Bonchev–Trinajstić information content (AvgIpc) is 2.37. The molecule has 2 fully saturated rings. The maximum Gasteiger partial charge on any atom is 0.0825 e. The van der Waals surface area contributed by atoms with Crippen LogP contribution in [0.4, 0.5) is 0 Å². The second-order valence-electron chi connectivity index (χ2n) is 3.46. The summed E-state index contributed by atoms with van der Waals surface area (Å²) in [6, 6.07) is 0.793. The topological polar surface area (TPSA) is 24.5 Å². The van der Waals surface area contributed by atoms with Crippen molar-refractivity contribution >= 4 is 0 Å². The Morgan fingerprint density at radius 1 is 1.45 bits per heavy atom. The van der Waals surface area contributed by atoms with Crippen molar-refractivity contribution in [1.29, 1.82) is 0 Å². The molecule has 2 rings (SSSR count). The number of hydrogen-bond acceptors (Lipinski definition) is 3. The third-order valence-corrected chi connectivity index (χ3v) is 2.76. The summed E-state index contributed by atoms with van der Waals surface area (Å²) in [5.41, 5.74) is 0. The Morgan fingerprint density at radius 2 is 2.27 bits per heavy atom. The van der Waals surface area contributed by atoms with E-state index in [1.807, 2.05) is 0 Å². The molecule has 3 heteroatoms. The highest BCUT2D eigenvalue weighted by Crippen LogP contribution is 2.18. The minimum absolute atomic E-state index is 0.510. The highest BCUT2D eigenvalue weighted by atomic mass is 16.5. The van der Waals surface area contributed by atoms with Crippen molar-refractivity contribution < 1.29 is 4.74 Å². The van der Waals surface area contributed by atoms with Crippen LogP contribution in [-0.2, 0) is 4.74 Å². The quantitative estimate of drug-likeness (QED) is 0.593. The number of methoxy groups -OCH3 is 1. The Bertz CT molecular complexity index is 128. The van der Waals surface area contributed by atoms with Gasteiger partial charge >= 0.3 is 0 Å². The Labute approximate surface area is 67.7 Å². The second kappa shape index (κ2) is 3.09. The van der Waals surface area contributed by atoms with E-state index in [-0.39, 0.29) is 0 Å². The molecule has 0 saturated carbocycles. The molecule has 0 radical (unpaired) electrons. The van der Waals surface area contributed by atoms with Gasteiger partial charge in [0.25, 0.3) is 0 Å². The van der Waals surface area contributed by atoms with Gasteiger partial charge in [-0.3, -0.25) is 4.90 Å². The van der Waals surface area contributed by atoms with Gasteiger partial charge in [-0.25, -0.2) is 0 Å². The summed E-state index contributed by atoms with van der Waals surface area (Å²) in [6.45, 7) is 4.65. The van der Waals surface area contributed by atoms with E-state index in [1.54, 1.807) is 7.11 Å². The van der Waals surface area contributed by atoms with Gasteiger partial charge < -0.3 is 10.1 Å². The summed E-state index contributed by atoms with van der Waals surface area (Å²) in [5, 5.41) is 3.37.